The fraction of sp³-hybridized carbons (Fsp3) is 0.600. The second-order valence-electron chi connectivity index (χ2n) is 3.65. The highest BCUT2D eigenvalue weighted by atomic mass is 79.9. The third-order valence-corrected chi connectivity index (χ3v) is 3.05. The van der Waals surface area contributed by atoms with Gasteiger partial charge in [-0.05, 0) is 35.8 Å². The van der Waals surface area contributed by atoms with Gasteiger partial charge in [-0.15, -0.1) is 0 Å². The van der Waals surface area contributed by atoms with Crippen LogP contribution in [0.4, 0.5) is 0 Å². The normalized spacial score (nSPS) is 15.9. The molecule has 2 rings (SSSR count). The summed E-state index contributed by atoms with van der Waals surface area (Å²) in [6.07, 6.45) is 5.35. The number of hydrogen-bond acceptors (Lipinski definition) is 3. The van der Waals surface area contributed by atoms with Gasteiger partial charge in [0.15, 0.2) is 0 Å². The molecule has 0 atom stereocenters. The maximum atomic E-state index is 4.57. The van der Waals surface area contributed by atoms with Crippen LogP contribution >= 0.6 is 15.9 Å². The lowest BCUT2D eigenvalue weighted by Crippen LogP contribution is -2.12. The highest BCUT2D eigenvalue weighted by Crippen LogP contribution is 2.38. The summed E-state index contributed by atoms with van der Waals surface area (Å²) >= 11 is 3.48. The quantitative estimate of drug-likeness (QED) is 0.893. The molecule has 14 heavy (non-hydrogen) atoms. The van der Waals surface area contributed by atoms with Crippen LogP contribution in [0.3, 0.4) is 0 Å². The van der Waals surface area contributed by atoms with Gasteiger partial charge in [0.2, 0.25) is 0 Å². The molecule has 0 saturated heterocycles. The summed E-state index contributed by atoms with van der Waals surface area (Å²) in [5, 5.41) is 3.13. The van der Waals surface area contributed by atoms with Crippen molar-refractivity contribution < 1.29 is 0 Å². The number of halogens is 1. The van der Waals surface area contributed by atoms with E-state index in [1.54, 1.807) is 0 Å². The van der Waals surface area contributed by atoms with Crippen molar-refractivity contribution in [3.63, 3.8) is 0 Å². The summed E-state index contributed by atoms with van der Waals surface area (Å²) in [6.45, 7) is 0.958. The fourth-order valence-electron chi connectivity index (χ4n) is 1.37. The van der Waals surface area contributed by atoms with Crippen LogP contribution in [0, 0.1) is 0 Å². The zero-order valence-corrected chi connectivity index (χ0v) is 9.84. The molecule has 0 spiro atoms. The highest BCUT2D eigenvalue weighted by molar-refractivity contribution is 9.10. The molecule has 1 saturated carbocycles. The van der Waals surface area contributed by atoms with Crippen molar-refractivity contribution in [1.82, 2.24) is 15.3 Å². The van der Waals surface area contributed by atoms with Gasteiger partial charge in [-0.1, -0.05) is 0 Å². The fourth-order valence-corrected chi connectivity index (χ4v) is 1.76. The molecule has 1 heterocycles. The Kier molecular flexibility index (Phi) is 3.13. The summed E-state index contributed by atoms with van der Waals surface area (Å²) in [5.74, 6) is 1.66. The van der Waals surface area contributed by atoms with Crippen molar-refractivity contribution >= 4 is 15.9 Å². The summed E-state index contributed by atoms with van der Waals surface area (Å²) in [6, 6.07) is 0. The molecule has 1 aromatic rings. The van der Waals surface area contributed by atoms with E-state index in [0.717, 1.165) is 29.0 Å². The van der Waals surface area contributed by atoms with Gasteiger partial charge in [-0.25, -0.2) is 9.97 Å². The molecule has 0 unspecified atom stereocenters. The first-order valence-electron chi connectivity index (χ1n) is 4.97. The predicted molar refractivity (Wildman–Crippen MR) is 59.3 cm³/mol. The van der Waals surface area contributed by atoms with Crippen molar-refractivity contribution in [1.29, 1.82) is 0 Å². The van der Waals surface area contributed by atoms with Crippen LogP contribution in [-0.2, 0) is 6.42 Å². The van der Waals surface area contributed by atoms with Gasteiger partial charge < -0.3 is 5.32 Å². The summed E-state index contributed by atoms with van der Waals surface area (Å²) in [7, 11) is 1.96. The van der Waals surface area contributed by atoms with Crippen LogP contribution in [0.25, 0.3) is 0 Å². The SMILES string of the molecule is CNCCc1nc(C2CC2)ncc1Br. The first kappa shape index (κ1) is 10.1. The molecule has 0 amide bonds. The van der Waals surface area contributed by atoms with E-state index in [4.69, 9.17) is 0 Å². The molecular weight excluding hydrogens is 242 g/mol. The van der Waals surface area contributed by atoms with E-state index in [0.29, 0.717) is 5.92 Å². The average molecular weight is 256 g/mol. The minimum absolute atomic E-state index is 0.636. The molecule has 0 radical (unpaired) electrons. The van der Waals surface area contributed by atoms with Gasteiger partial charge in [-0.3, -0.25) is 0 Å². The predicted octanol–water partition coefficient (Wildman–Crippen LogP) is 1.88. The smallest absolute Gasteiger partial charge is 0.131 e. The summed E-state index contributed by atoms with van der Waals surface area (Å²) < 4.78 is 1.03. The molecule has 1 N–H and O–H groups in total. The van der Waals surface area contributed by atoms with Crippen LogP contribution in [0.1, 0.15) is 30.3 Å². The standard InChI is InChI=1S/C10H14BrN3/c1-12-5-4-9-8(11)6-13-10(14-9)7-2-3-7/h6-7,12H,2-5H2,1H3. The maximum Gasteiger partial charge on any atom is 0.131 e. The Labute approximate surface area is 92.5 Å². The minimum atomic E-state index is 0.636. The Bertz CT molecular complexity index is 323. The van der Waals surface area contributed by atoms with E-state index < -0.39 is 0 Å². The second-order valence-corrected chi connectivity index (χ2v) is 4.50. The zero-order valence-electron chi connectivity index (χ0n) is 8.26. The Hall–Kier alpha value is -0.480. The van der Waals surface area contributed by atoms with Crippen LogP contribution in [0.5, 0.6) is 0 Å². The van der Waals surface area contributed by atoms with E-state index in [-0.39, 0.29) is 0 Å². The number of rotatable bonds is 4. The van der Waals surface area contributed by atoms with Gasteiger partial charge in [0.05, 0.1) is 10.2 Å². The molecule has 1 fully saturated rings. The van der Waals surface area contributed by atoms with Crippen LogP contribution in [-0.4, -0.2) is 23.6 Å². The number of nitrogens with zero attached hydrogens (tertiary/aromatic N) is 2. The molecule has 0 bridgehead atoms. The maximum absolute atomic E-state index is 4.57. The molecule has 1 aliphatic carbocycles. The molecule has 76 valence electrons. The van der Waals surface area contributed by atoms with Crippen molar-refractivity contribution in [3.8, 4) is 0 Å². The van der Waals surface area contributed by atoms with Gasteiger partial charge in [0.25, 0.3) is 0 Å². The number of aromatic nitrogens is 2. The van der Waals surface area contributed by atoms with E-state index in [2.05, 4.69) is 31.2 Å². The average Bonchev–Trinajstić information content (AvgIpc) is 3.00. The van der Waals surface area contributed by atoms with Crippen molar-refractivity contribution in [2.45, 2.75) is 25.2 Å². The van der Waals surface area contributed by atoms with Crippen molar-refractivity contribution in [2.75, 3.05) is 13.6 Å². The van der Waals surface area contributed by atoms with Crippen LogP contribution in [0.15, 0.2) is 10.7 Å². The molecule has 3 nitrogen and oxygen atoms in total. The Balaban J connectivity index is 2.14. The number of hydrogen-bond donors (Lipinski definition) is 1. The van der Waals surface area contributed by atoms with E-state index >= 15 is 0 Å². The van der Waals surface area contributed by atoms with Crippen LogP contribution < -0.4 is 5.32 Å². The molecule has 1 aliphatic rings. The lowest BCUT2D eigenvalue weighted by Gasteiger charge is -2.04. The van der Waals surface area contributed by atoms with Gasteiger partial charge >= 0.3 is 0 Å². The van der Waals surface area contributed by atoms with Crippen LogP contribution in [0.2, 0.25) is 0 Å². The molecule has 0 aliphatic heterocycles. The molecule has 1 aromatic heterocycles. The zero-order chi connectivity index (χ0) is 9.97. The molecular formula is C10H14BrN3. The molecule has 4 heteroatoms. The topological polar surface area (TPSA) is 37.8 Å². The monoisotopic (exact) mass is 255 g/mol. The van der Waals surface area contributed by atoms with Gasteiger partial charge in [0.1, 0.15) is 5.82 Å². The third-order valence-electron chi connectivity index (χ3n) is 2.39. The summed E-state index contributed by atoms with van der Waals surface area (Å²) in [5.41, 5.74) is 1.12. The third kappa shape index (κ3) is 2.30. The van der Waals surface area contributed by atoms with E-state index in [1.165, 1.54) is 12.8 Å². The van der Waals surface area contributed by atoms with E-state index in [1.807, 2.05) is 13.2 Å². The summed E-state index contributed by atoms with van der Waals surface area (Å²) in [4.78, 5) is 8.90. The highest BCUT2D eigenvalue weighted by Gasteiger charge is 2.26. The Morgan fingerprint density at radius 2 is 2.36 bits per heavy atom. The van der Waals surface area contributed by atoms with E-state index in [9.17, 15) is 0 Å². The van der Waals surface area contributed by atoms with Crippen molar-refractivity contribution in [2.24, 2.45) is 0 Å². The number of nitrogens with one attached hydrogen (secondary N) is 1. The first-order chi connectivity index (χ1) is 6.81. The number of likely N-dealkylation sites (N-methyl/N-ethyl adjacent to an activating group) is 1. The van der Waals surface area contributed by atoms with Crippen molar-refractivity contribution in [3.05, 3.63) is 22.2 Å². The second kappa shape index (κ2) is 4.36. The van der Waals surface area contributed by atoms with Gasteiger partial charge in [-0.2, -0.15) is 0 Å². The minimum Gasteiger partial charge on any atom is -0.319 e. The van der Waals surface area contributed by atoms with Gasteiger partial charge in [0, 0.05) is 25.1 Å². The molecule has 0 aromatic carbocycles. The largest absolute Gasteiger partial charge is 0.319 e. The first-order valence-corrected chi connectivity index (χ1v) is 5.76. The lowest BCUT2D eigenvalue weighted by molar-refractivity contribution is 0.758. The Morgan fingerprint density at radius 1 is 1.57 bits per heavy atom. The Morgan fingerprint density at radius 3 is 3.00 bits per heavy atom. The lowest BCUT2D eigenvalue weighted by atomic mass is 10.3.